The lowest BCUT2D eigenvalue weighted by atomic mass is 10.2. The van der Waals surface area contributed by atoms with E-state index in [2.05, 4.69) is 25.2 Å². The van der Waals surface area contributed by atoms with Gasteiger partial charge in [0.1, 0.15) is 11.5 Å². The van der Waals surface area contributed by atoms with Gasteiger partial charge in [0.2, 0.25) is 0 Å². The van der Waals surface area contributed by atoms with Crippen molar-refractivity contribution in [2.45, 2.75) is 20.4 Å². The lowest BCUT2D eigenvalue weighted by Gasteiger charge is -2.13. The van der Waals surface area contributed by atoms with Crippen LogP contribution >= 0.6 is 11.8 Å². The minimum atomic E-state index is 0.741. The summed E-state index contributed by atoms with van der Waals surface area (Å²) in [6.07, 6.45) is 0. The van der Waals surface area contributed by atoms with E-state index in [1.54, 1.807) is 7.11 Å². The van der Waals surface area contributed by atoms with Gasteiger partial charge in [-0.25, -0.2) is 0 Å². The van der Waals surface area contributed by atoms with Crippen LogP contribution in [-0.2, 0) is 6.54 Å². The van der Waals surface area contributed by atoms with Crippen molar-refractivity contribution in [1.82, 2.24) is 5.32 Å². The Morgan fingerprint density at radius 3 is 2.78 bits per heavy atom. The molecular formula is C14H23NO2S. The maximum absolute atomic E-state index is 5.84. The number of ether oxygens (including phenoxy) is 2. The van der Waals surface area contributed by atoms with E-state index in [0.717, 1.165) is 42.7 Å². The molecule has 0 aliphatic heterocycles. The van der Waals surface area contributed by atoms with Crippen LogP contribution in [0.15, 0.2) is 18.2 Å². The third-order valence-electron chi connectivity index (χ3n) is 2.53. The molecule has 0 fully saturated rings. The summed E-state index contributed by atoms with van der Waals surface area (Å²) in [7, 11) is 1.68. The number of nitrogens with one attached hydrogen (secondary N) is 1. The van der Waals surface area contributed by atoms with Crippen LogP contribution in [0.3, 0.4) is 0 Å². The van der Waals surface area contributed by atoms with Crippen LogP contribution < -0.4 is 14.8 Å². The van der Waals surface area contributed by atoms with E-state index in [1.165, 1.54) is 5.56 Å². The largest absolute Gasteiger partial charge is 0.497 e. The molecule has 0 radical (unpaired) electrons. The summed E-state index contributed by atoms with van der Waals surface area (Å²) >= 11 is 1.89. The van der Waals surface area contributed by atoms with Crippen LogP contribution in [-0.4, -0.2) is 31.8 Å². The van der Waals surface area contributed by atoms with Crippen molar-refractivity contribution in [3.63, 3.8) is 0 Å². The molecule has 0 bridgehead atoms. The molecule has 0 spiro atoms. The van der Waals surface area contributed by atoms with Crippen molar-refractivity contribution < 1.29 is 9.47 Å². The van der Waals surface area contributed by atoms with Crippen LogP contribution in [0.2, 0.25) is 0 Å². The predicted octanol–water partition coefficient (Wildman–Crippen LogP) is 2.94. The zero-order valence-electron chi connectivity index (χ0n) is 11.5. The molecule has 4 heteroatoms. The number of methoxy groups -OCH3 is 1. The Morgan fingerprint density at radius 2 is 2.11 bits per heavy atom. The van der Waals surface area contributed by atoms with Crippen LogP contribution in [0.25, 0.3) is 0 Å². The molecule has 0 aliphatic rings. The first kappa shape index (κ1) is 15.2. The molecule has 0 amide bonds. The maximum atomic E-state index is 5.84. The molecule has 0 unspecified atom stereocenters. The van der Waals surface area contributed by atoms with Crippen molar-refractivity contribution in [2.75, 3.05) is 31.8 Å². The van der Waals surface area contributed by atoms with E-state index in [1.807, 2.05) is 23.9 Å². The normalized spacial score (nSPS) is 10.4. The highest BCUT2D eigenvalue weighted by Gasteiger charge is 2.05. The SMILES string of the molecule is CCNCc1ccc(OC)cc1OCCSCC. The molecule has 3 nitrogen and oxygen atoms in total. The molecule has 0 aromatic heterocycles. The second kappa shape index (κ2) is 9.11. The van der Waals surface area contributed by atoms with E-state index < -0.39 is 0 Å². The minimum absolute atomic E-state index is 0.741. The molecule has 0 saturated carbocycles. The lowest BCUT2D eigenvalue weighted by Crippen LogP contribution is -2.13. The van der Waals surface area contributed by atoms with Crippen molar-refractivity contribution in [3.8, 4) is 11.5 Å². The van der Waals surface area contributed by atoms with Gasteiger partial charge in [-0.3, -0.25) is 0 Å². The van der Waals surface area contributed by atoms with Gasteiger partial charge >= 0.3 is 0 Å². The molecule has 1 aromatic carbocycles. The Bertz CT molecular complexity index is 345. The van der Waals surface area contributed by atoms with Crippen LogP contribution in [0, 0.1) is 0 Å². The zero-order valence-corrected chi connectivity index (χ0v) is 12.3. The Hall–Kier alpha value is -0.870. The first-order chi connectivity index (χ1) is 8.81. The Labute approximate surface area is 114 Å². The van der Waals surface area contributed by atoms with Crippen molar-refractivity contribution in [3.05, 3.63) is 23.8 Å². The number of hydrogen-bond acceptors (Lipinski definition) is 4. The Balaban J connectivity index is 2.63. The first-order valence-corrected chi connectivity index (χ1v) is 7.55. The highest BCUT2D eigenvalue weighted by atomic mass is 32.2. The summed E-state index contributed by atoms with van der Waals surface area (Å²) in [6, 6.07) is 5.99. The fourth-order valence-electron chi connectivity index (χ4n) is 1.56. The number of rotatable bonds is 9. The van der Waals surface area contributed by atoms with Crippen LogP contribution in [0.4, 0.5) is 0 Å². The Morgan fingerprint density at radius 1 is 1.28 bits per heavy atom. The lowest BCUT2D eigenvalue weighted by molar-refractivity contribution is 0.335. The number of benzene rings is 1. The maximum Gasteiger partial charge on any atom is 0.127 e. The molecule has 0 atom stereocenters. The summed E-state index contributed by atoms with van der Waals surface area (Å²) in [5, 5.41) is 3.32. The fourth-order valence-corrected chi connectivity index (χ4v) is 2.05. The second-order valence-electron chi connectivity index (χ2n) is 3.80. The van der Waals surface area contributed by atoms with Gasteiger partial charge in [0.25, 0.3) is 0 Å². The summed E-state index contributed by atoms with van der Waals surface area (Å²) in [5.41, 5.74) is 1.18. The van der Waals surface area contributed by atoms with Gasteiger partial charge in [0.05, 0.1) is 13.7 Å². The molecule has 1 aromatic rings. The van der Waals surface area contributed by atoms with Crippen molar-refractivity contribution in [2.24, 2.45) is 0 Å². The van der Waals surface area contributed by atoms with Gasteiger partial charge in [-0.15, -0.1) is 0 Å². The summed E-state index contributed by atoms with van der Waals surface area (Å²) in [4.78, 5) is 0. The molecule has 0 saturated heterocycles. The quantitative estimate of drug-likeness (QED) is 0.698. The van der Waals surface area contributed by atoms with E-state index >= 15 is 0 Å². The topological polar surface area (TPSA) is 30.5 Å². The standard InChI is InChI=1S/C14H23NO2S/c1-4-15-11-12-6-7-13(16-3)10-14(12)17-8-9-18-5-2/h6-7,10,15H,4-5,8-9,11H2,1-3H3. The molecule has 1 rings (SSSR count). The van der Waals surface area contributed by atoms with Gasteiger partial charge in [0.15, 0.2) is 0 Å². The van der Waals surface area contributed by atoms with Crippen molar-refractivity contribution >= 4 is 11.8 Å². The molecule has 102 valence electrons. The number of thioether (sulfide) groups is 1. The molecule has 1 N–H and O–H groups in total. The van der Waals surface area contributed by atoms with E-state index in [9.17, 15) is 0 Å². The highest BCUT2D eigenvalue weighted by molar-refractivity contribution is 7.99. The first-order valence-electron chi connectivity index (χ1n) is 6.40. The van der Waals surface area contributed by atoms with Crippen LogP contribution in [0.1, 0.15) is 19.4 Å². The van der Waals surface area contributed by atoms with Gasteiger partial charge < -0.3 is 14.8 Å². The molecule has 18 heavy (non-hydrogen) atoms. The minimum Gasteiger partial charge on any atom is -0.497 e. The predicted molar refractivity (Wildman–Crippen MR) is 78.9 cm³/mol. The van der Waals surface area contributed by atoms with E-state index in [-0.39, 0.29) is 0 Å². The van der Waals surface area contributed by atoms with Gasteiger partial charge in [-0.2, -0.15) is 11.8 Å². The molecule has 0 aliphatic carbocycles. The number of hydrogen-bond donors (Lipinski definition) is 1. The summed E-state index contributed by atoms with van der Waals surface area (Å²) in [5.74, 6) is 3.92. The van der Waals surface area contributed by atoms with Gasteiger partial charge in [0, 0.05) is 23.9 Å². The highest BCUT2D eigenvalue weighted by Crippen LogP contribution is 2.25. The third kappa shape index (κ3) is 5.19. The smallest absolute Gasteiger partial charge is 0.127 e. The average Bonchev–Trinajstić information content (AvgIpc) is 2.42. The fraction of sp³-hybridized carbons (Fsp3) is 0.571. The summed E-state index contributed by atoms with van der Waals surface area (Å²) in [6.45, 7) is 6.79. The second-order valence-corrected chi connectivity index (χ2v) is 5.19. The Kier molecular flexibility index (Phi) is 7.69. The third-order valence-corrected chi connectivity index (χ3v) is 3.39. The van der Waals surface area contributed by atoms with Crippen molar-refractivity contribution in [1.29, 1.82) is 0 Å². The van der Waals surface area contributed by atoms with Crippen LogP contribution in [0.5, 0.6) is 11.5 Å². The summed E-state index contributed by atoms with van der Waals surface area (Å²) < 4.78 is 11.1. The average molecular weight is 269 g/mol. The van der Waals surface area contributed by atoms with Gasteiger partial charge in [-0.05, 0) is 18.4 Å². The van der Waals surface area contributed by atoms with E-state index in [4.69, 9.17) is 9.47 Å². The van der Waals surface area contributed by atoms with Gasteiger partial charge in [-0.1, -0.05) is 19.9 Å². The molecule has 0 heterocycles. The molecular weight excluding hydrogens is 246 g/mol. The monoisotopic (exact) mass is 269 g/mol. The van der Waals surface area contributed by atoms with E-state index in [0.29, 0.717) is 0 Å². The zero-order chi connectivity index (χ0) is 13.2.